The van der Waals surface area contributed by atoms with Crippen LogP contribution in [0.2, 0.25) is 0 Å². The van der Waals surface area contributed by atoms with Crippen molar-refractivity contribution in [3.8, 4) is 17.9 Å². The molecule has 1 saturated carbocycles. The lowest BCUT2D eigenvalue weighted by Gasteiger charge is -2.26. The number of aliphatic imine (C=N–C) groups is 1. The summed E-state index contributed by atoms with van der Waals surface area (Å²) in [7, 11) is 0. The molecule has 5 rings (SSSR count). The molecule has 1 aliphatic carbocycles. The van der Waals surface area contributed by atoms with E-state index in [2.05, 4.69) is 17.1 Å². The molecule has 5 unspecified atom stereocenters. The Morgan fingerprint density at radius 1 is 1.17 bits per heavy atom. The number of rotatable bonds is 4. The molecule has 150 valence electrons. The Kier molecular flexibility index (Phi) is 3.91. The van der Waals surface area contributed by atoms with Crippen molar-refractivity contribution in [3.05, 3.63) is 65.7 Å². The molecule has 0 aromatic heterocycles. The molecule has 0 bridgehead atoms. The molecule has 0 radical (unpaired) electrons. The fourth-order valence-electron chi connectivity index (χ4n) is 4.89. The van der Waals surface area contributed by atoms with Crippen molar-refractivity contribution in [1.82, 2.24) is 0 Å². The van der Waals surface area contributed by atoms with Gasteiger partial charge in [-0.25, -0.2) is 4.99 Å². The highest BCUT2D eigenvalue weighted by molar-refractivity contribution is 6.00. The van der Waals surface area contributed by atoms with Crippen LogP contribution < -0.4 is 10.5 Å². The number of nitrogens with zero attached hydrogens (tertiary/aromatic N) is 3. The van der Waals surface area contributed by atoms with E-state index >= 15 is 0 Å². The third-order valence-corrected chi connectivity index (χ3v) is 6.24. The van der Waals surface area contributed by atoms with Crippen LogP contribution in [0.15, 0.2) is 59.6 Å². The van der Waals surface area contributed by atoms with Gasteiger partial charge in [-0.2, -0.15) is 10.5 Å². The SMILES string of the molecule is CC1COC2(N=C(N)C3(C#N)C(c4cccc(OCc5ccccc5)c4)C23C#N)O1. The Morgan fingerprint density at radius 3 is 2.63 bits per heavy atom. The maximum atomic E-state index is 10.2. The average molecular weight is 400 g/mol. The fourth-order valence-corrected chi connectivity index (χ4v) is 4.89. The van der Waals surface area contributed by atoms with Gasteiger partial charge in [0, 0.05) is 5.92 Å². The van der Waals surface area contributed by atoms with Gasteiger partial charge in [0.2, 0.25) is 0 Å². The summed E-state index contributed by atoms with van der Waals surface area (Å²) in [5.41, 5.74) is 5.41. The Balaban J connectivity index is 1.50. The standard InChI is InChI=1S/C23H20N4O3/c1-15-11-29-23(30-15)22(14-25)19(21(22,13-24)20(26)27-23)17-8-5-9-18(10-17)28-12-16-6-3-2-4-7-16/h2-10,15,19H,11-12H2,1H3,(H2,26,27). The van der Waals surface area contributed by atoms with Crippen LogP contribution in [0, 0.1) is 33.5 Å². The molecule has 1 spiro atoms. The number of amidine groups is 1. The van der Waals surface area contributed by atoms with Crippen LogP contribution in [0.3, 0.4) is 0 Å². The van der Waals surface area contributed by atoms with Crippen LogP contribution >= 0.6 is 0 Å². The van der Waals surface area contributed by atoms with Crippen molar-refractivity contribution in [3.63, 3.8) is 0 Å². The van der Waals surface area contributed by atoms with Crippen molar-refractivity contribution in [2.45, 2.75) is 31.5 Å². The highest BCUT2D eigenvalue weighted by Crippen LogP contribution is 2.82. The lowest BCUT2D eigenvalue weighted by molar-refractivity contribution is -0.193. The second kappa shape index (κ2) is 6.30. The predicted molar refractivity (Wildman–Crippen MR) is 107 cm³/mol. The maximum absolute atomic E-state index is 10.2. The van der Waals surface area contributed by atoms with Crippen molar-refractivity contribution in [1.29, 1.82) is 10.5 Å². The van der Waals surface area contributed by atoms with Gasteiger partial charge in [0.25, 0.3) is 5.91 Å². The summed E-state index contributed by atoms with van der Waals surface area (Å²) in [6.45, 7) is 2.54. The van der Waals surface area contributed by atoms with Crippen molar-refractivity contribution in [2.75, 3.05) is 6.61 Å². The first-order valence-corrected chi connectivity index (χ1v) is 9.80. The van der Waals surface area contributed by atoms with Gasteiger partial charge in [0.15, 0.2) is 5.41 Å². The maximum Gasteiger partial charge on any atom is 0.293 e. The normalized spacial score (nSPS) is 35.9. The second-order valence-corrected chi connectivity index (χ2v) is 7.94. The Bertz CT molecular complexity index is 1120. The first kappa shape index (κ1) is 18.6. The van der Waals surface area contributed by atoms with E-state index in [1.54, 1.807) is 0 Å². The number of hydrogen-bond donors (Lipinski definition) is 1. The summed E-state index contributed by atoms with van der Waals surface area (Å²) in [4.78, 5) is 4.33. The first-order chi connectivity index (χ1) is 14.5. The third kappa shape index (κ3) is 2.16. The third-order valence-electron chi connectivity index (χ3n) is 6.24. The topological polar surface area (TPSA) is 114 Å². The van der Waals surface area contributed by atoms with E-state index in [-0.39, 0.29) is 18.5 Å². The average Bonchev–Trinajstić information content (AvgIpc) is 3.17. The first-order valence-electron chi connectivity index (χ1n) is 9.80. The Morgan fingerprint density at radius 2 is 1.97 bits per heavy atom. The number of ether oxygens (including phenoxy) is 3. The summed E-state index contributed by atoms with van der Waals surface area (Å²) in [5, 5.41) is 20.3. The molecule has 1 saturated heterocycles. The highest BCUT2D eigenvalue weighted by Gasteiger charge is 2.94. The predicted octanol–water partition coefficient (Wildman–Crippen LogP) is 2.84. The smallest absolute Gasteiger partial charge is 0.293 e. The summed E-state index contributed by atoms with van der Waals surface area (Å²) in [6.07, 6.45) is -0.247. The minimum atomic E-state index is -1.55. The van der Waals surface area contributed by atoms with Crippen LogP contribution in [0.4, 0.5) is 0 Å². The second-order valence-electron chi connectivity index (χ2n) is 7.94. The molecule has 2 aliphatic heterocycles. The zero-order chi connectivity index (χ0) is 21.0. The van der Waals surface area contributed by atoms with Gasteiger partial charge in [-0.1, -0.05) is 42.5 Å². The molecular weight excluding hydrogens is 380 g/mol. The summed E-state index contributed by atoms with van der Waals surface area (Å²) in [5.74, 6) is -1.34. The summed E-state index contributed by atoms with van der Waals surface area (Å²) in [6, 6.07) is 21.8. The van der Waals surface area contributed by atoms with Gasteiger partial charge in [-0.15, -0.1) is 0 Å². The molecule has 2 heterocycles. The number of fused-ring (bicyclic) bond motifs is 2. The van der Waals surface area contributed by atoms with E-state index in [1.807, 2.05) is 61.5 Å². The molecule has 2 aromatic rings. The summed E-state index contributed by atoms with van der Waals surface area (Å²) < 4.78 is 17.7. The van der Waals surface area contributed by atoms with Crippen LogP contribution in [-0.4, -0.2) is 24.5 Å². The lowest BCUT2D eigenvalue weighted by atomic mass is 9.94. The van der Waals surface area contributed by atoms with Gasteiger partial charge in [0.1, 0.15) is 23.6 Å². The fraction of sp³-hybridized carbons (Fsp3) is 0.348. The van der Waals surface area contributed by atoms with Crippen LogP contribution in [0.5, 0.6) is 5.75 Å². The molecule has 30 heavy (non-hydrogen) atoms. The highest BCUT2D eigenvalue weighted by atomic mass is 16.8. The minimum Gasteiger partial charge on any atom is -0.489 e. The molecule has 2 fully saturated rings. The van der Waals surface area contributed by atoms with Crippen molar-refractivity contribution < 1.29 is 14.2 Å². The molecule has 2 aromatic carbocycles. The zero-order valence-corrected chi connectivity index (χ0v) is 16.4. The van der Waals surface area contributed by atoms with Gasteiger partial charge >= 0.3 is 0 Å². The van der Waals surface area contributed by atoms with Crippen LogP contribution in [0.25, 0.3) is 0 Å². The Labute approximate surface area is 174 Å². The van der Waals surface area contributed by atoms with Gasteiger partial charge < -0.3 is 19.9 Å². The van der Waals surface area contributed by atoms with Gasteiger partial charge in [-0.3, -0.25) is 0 Å². The van der Waals surface area contributed by atoms with E-state index in [4.69, 9.17) is 19.9 Å². The van der Waals surface area contributed by atoms with E-state index in [0.29, 0.717) is 12.4 Å². The summed E-state index contributed by atoms with van der Waals surface area (Å²) >= 11 is 0. The molecule has 7 nitrogen and oxygen atoms in total. The van der Waals surface area contributed by atoms with Crippen molar-refractivity contribution in [2.24, 2.45) is 21.6 Å². The van der Waals surface area contributed by atoms with E-state index < -0.39 is 22.7 Å². The zero-order valence-electron chi connectivity index (χ0n) is 16.4. The quantitative estimate of drug-likeness (QED) is 0.844. The van der Waals surface area contributed by atoms with Gasteiger partial charge in [-0.05, 0) is 30.2 Å². The monoisotopic (exact) mass is 400 g/mol. The molecule has 2 N–H and O–H groups in total. The molecule has 7 heteroatoms. The van der Waals surface area contributed by atoms with E-state index in [1.165, 1.54) is 0 Å². The molecular formula is C23H20N4O3. The number of nitrogens with two attached hydrogens (primary N) is 1. The van der Waals surface area contributed by atoms with Crippen LogP contribution in [0.1, 0.15) is 24.0 Å². The number of benzene rings is 2. The van der Waals surface area contributed by atoms with E-state index in [9.17, 15) is 10.5 Å². The Hall–Kier alpha value is -3.39. The van der Waals surface area contributed by atoms with Gasteiger partial charge in [0.05, 0.1) is 24.8 Å². The van der Waals surface area contributed by atoms with E-state index in [0.717, 1.165) is 11.1 Å². The number of nitriles is 2. The lowest BCUT2D eigenvalue weighted by Crippen LogP contribution is -2.39. The molecule has 0 amide bonds. The van der Waals surface area contributed by atoms with Crippen molar-refractivity contribution >= 4 is 5.84 Å². The molecule has 3 aliphatic rings. The number of hydrogen-bond acceptors (Lipinski definition) is 7. The van der Waals surface area contributed by atoms with Crippen LogP contribution in [-0.2, 0) is 16.1 Å². The largest absolute Gasteiger partial charge is 0.489 e. The minimum absolute atomic E-state index is 0.0845. The molecule has 5 atom stereocenters.